The zero-order valence-electron chi connectivity index (χ0n) is 14.6. The molecule has 0 saturated carbocycles. The summed E-state index contributed by atoms with van der Waals surface area (Å²) in [4.78, 5) is 0. The number of anilines is 1. The Labute approximate surface area is 153 Å². The Morgan fingerprint density at radius 1 is 0.962 bits per heavy atom. The minimum Gasteiger partial charge on any atom is -0.365 e. The fourth-order valence-corrected chi connectivity index (χ4v) is 3.19. The maximum atomic E-state index is 14.3. The van der Waals surface area contributed by atoms with Crippen molar-refractivity contribution in [1.82, 2.24) is 0 Å². The third-order valence-electron chi connectivity index (χ3n) is 4.54. The van der Waals surface area contributed by atoms with E-state index in [2.05, 4.69) is 18.3 Å². The van der Waals surface area contributed by atoms with Crippen LogP contribution in [-0.2, 0) is 11.3 Å². The molecular weight excluding hydrogens is 325 g/mol. The smallest absolute Gasteiger partial charge is 0.132 e. The van der Waals surface area contributed by atoms with Gasteiger partial charge in [-0.1, -0.05) is 60.2 Å². The highest BCUT2D eigenvalue weighted by atomic mass is 19.1. The van der Waals surface area contributed by atoms with Crippen molar-refractivity contribution in [3.05, 3.63) is 107 Å². The molecule has 0 amide bonds. The van der Waals surface area contributed by atoms with Crippen molar-refractivity contribution < 1.29 is 9.13 Å². The second-order valence-electron chi connectivity index (χ2n) is 6.49. The Morgan fingerprint density at radius 3 is 2.54 bits per heavy atom. The van der Waals surface area contributed by atoms with Crippen LogP contribution in [0.25, 0.3) is 5.70 Å². The summed E-state index contributed by atoms with van der Waals surface area (Å²) in [6.07, 6.45) is 1.73. The van der Waals surface area contributed by atoms with Gasteiger partial charge in [0.1, 0.15) is 11.9 Å². The maximum Gasteiger partial charge on any atom is 0.132 e. The summed E-state index contributed by atoms with van der Waals surface area (Å²) in [6.45, 7) is 2.56. The van der Waals surface area contributed by atoms with Crippen molar-refractivity contribution in [2.45, 2.75) is 19.6 Å². The van der Waals surface area contributed by atoms with E-state index in [1.54, 1.807) is 12.1 Å². The Bertz CT molecular complexity index is 949. The third-order valence-corrected chi connectivity index (χ3v) is 4.54. The first kappa shape index (κ1) is 16.6. The first-order valence-electron chi connectivity index (χ1n) is 8.70. The van der Waals surface area contributed by atoms with Gasteiger partial charge in [0.25, 0.3) is 0 Å². The topological polar surface area (TPSA) is 21.3 Å². The second kappa shape index (κ2) is 7.14. The molecule has 1 aliphatic rings. The van der Waals surface area contributed by atoms with E-state index < -0.39 is 0 Å². The Kier molecular flexibility index (Phi) is 4.55. The maximum absolute atomic E-state index is 14.3. The van der Waals surface area contributed by atoms with Crippen LogP contribution < -0.4 is 5.32 Å². The van der Waals surface area contributed by atoms with Crippen LogP contribution in [0.1, 0.15) is 28.4 Å². The van der Waals surface area contributed by atoms with Gasteiger partial charge in [-0.05, 0) is 36.8 Å². The number of halogens is 1. The summed E-state index contributed by atoms with van der Waals surface area (Å²) in [5.74, 6) is -0.247. The molecule has 0 radical (unpaired) electrons. The van der Waals surface area contributed by atoms with E-state index in [0.29, 0.717) is 12.2 Å². The van der Waals surface area contributed by atoms with Crippen molar-refractivity contribution >= 4 is 11.4 Å². The number of rotatable bonds is 4. The van der Waals surface area contributed by atoms with Crippen molar-refractivity contribution in [3.8, 4) is 0 Å². The average molecular weight is 345 g/mol. The molecule has 3 aromatic carbocycles. The molecule has 0 spiro atoms. The predicted octanol–water partition coefficient (Wildman–Crippen LogP) is 5.86. The Hall–Kier alpha value is -2.91. The zero-order valence-corrected chi connectivity index (χ0v) is 14.6. The minimum absolute atomic E-state index is 0.235. The number of aryl methyl sites for hydroxylation is 1. The van der Waals surface area contributed by atoms with Crippen molar-refractivity contribution in [1.29, 1.82) is 0 Å². The van der Waals surface area contributed by atoms with E-state index in [4.69, 9.17) is 4.74 Å². The van der Waals surface area contributed by atoms with Crippen LogP contribution in [0.15, 0.2) is 78.9 Å². The van der Waals surface area contributed by atoms with Crippen molar-refractivity contribution in [2.75, 3.05) is 5.32 Å². The molecule has 1 unspecified atom stereocenters. The van der Waals surface area contributed by atoms with Gasteiger partial charge in [-0.25, -0.2) is 4.39 Å². The average Bonchev–Trinajstić information content (AvgIpc) is 2.67. The third kappa shape index (κ3) is 3.39. The highest BCUT2D eigenvalue weighted by Gasteiger charge is 2.22. The van der Waals surface area contributed by atoms with Gasteiger partial charge in [0.05, 0.1) is 6.61 Å². The van der Waals surface area contributed by atoms with Crippen molar-refractivity contribution in [3.63, 3.8) is 0 Å². The lowest BCUT2D eigenvalue weighted by Crippen LogP contribution is -2.15. The lowest BCUT2D eigenvalue weighted by atomic mass is 9.97. The van der Waals surface area contributed by atoms with Crippen LogP contribution in [0.5, 0.6) is 0 Å². The normalized spacial score (nSPS) is 15.8. The molecule has 0 aromatic heterocycles. The number of nitrogens with one attached hydrogen (secondary N) is 1. The summed E-state index contributed by atoms with van der Waals surface area (Å²) < 4.78 is 20.5. The molecule has 1 N–H and O–H groups in total. The summed E-state index contributed by atoms with van der Waals surface area (Å²) >= 11 is 0. The first-order valence-corrected chi connectivity index (χ1v) is 8.70. The molecule has 3 heteroatoms. The molecule has 2 nitrogen and oxygen atoms in total. The molecular formula is C23H20FNO. The molecule has 1 aliphatic heterocycles. The largest absolute Gasteiger partial charge is 0.365 e. The molecule has 1 atom stereocenters. The van der Waals surface area contributed by atoms with Gasteiger partial charge < -0.3 is 10.1 Å². The molecule has 3 aromatic rings. The standard InChI is InChI=1S/C23H20FNO/c1-16-11-12-21-19(13-16)23(26-15-17-7-3-2-4-8-17)14-22(25-21)18-9-5-6-10-20(18)24/h2-14,23,25H,15H2,1H3. The van der Waals surface area contributed by atoms with Crippen LogP contribution >= 0.6 is 0 Å². The number of fused-ring (bicyclic) bond motifs is 1. The fraction of sp³-hybridized carbons (Fsp3) is 0.130. The van der Waals surface area contributed by atoms with Gasteiger partial charge in [-0.3, -0.25) is 0 Å². The van der Waals surface area contributed by atoms with Gasteiger partial charge in [0, 0.05) is 22.5 Å². The van der Waals surface area contributed by atoms with E-state index in [-0.39, 0.29) is 11.9 Å². The molecule has 1 heterocycles. The monoisotopic (exact) mass is 345 g/mol. The molecule has 0 saturated heterocycles. The van der Waals surface area contributed by atoms with Gasteiger partial charge in [-0.2, -0.15) is 0 Å². The van der Waals surface area contributed by atoms with E-state index in [0.717, 1.165) is 22.5 Å². The lowest BCUT2D eigenvalue weighted by molar-refractivity contribution is 0.0719. The van der Waals surface area contributed by atoms with E-state index in [9.17, 15) is 4.39 Å². The van der Waals surface area contributed by atoms with Crippen LogP contribution in [0.2, 0.25) is 0 Å². The highest BCUT2D eigenvalue weighted by molar-refractivity contribution is 5.82. The molecule has 130 valence electrons. The van der Waals surface area contributed by atoms with E-state index >= 15 is 0 Å². The van der Waals surface area contributed by atoms with Crippen LogP contribution in [0.3, 0.4) is 0 Å². The quantitative estimate of drug-likeness (QED) is 0.639. The Morgan fingerprint density at radius 2 is 1.73 bits per heavy atom. The highest BCUT2D eigenvalue weighted by Crippen LogP contribution is 2.37. The van der Waals surface area contributed by atoms with Gasteiger partial charge in [-0.15, -0.1) is 0 Å². The van der Waals surface area contributed by atoms with Crippen LogP contribution in [0.4, 0.5) is 10.1 Å². The van der Waals surface area contributed by atoms with Crippen LogP contribution in [-0.4, -0.2) is 0 Å². The van der Waals surface area contributed by atoms with Crippen LogP contribution in [0, 0.1) is 12.7 Å². The van der Waals surface area contributed by atoms with E-state index in [1.165, 1.54) is 11.6 Å². The molecule has 0 bridgehead atoms. The molecule has 0 fully saturated rings. The molecule has 4 rings (SSSR count). The fourth-order valence-electron chi connectivity index (χ4n) is 3.19. The zero-order chi connectivity index (χ0) is 17.9. The van der Waals surface area contributed by atoms with E-state index in [1.807, 2.05) is 54.6 Å². The number of hydrogen-bond acceptors (Lipinski definition) is 2. The van der Waals surface area contributed by atoms with Gasteiger partial charge in [0.2, 0.25) is 0 Å². The number of hydrogen-bond donors (Lipinski definition) is 1. The van der Waals surface area contributed by atoms with Gasteiger partial charge >= 0.3 is 0 Å². The van der Waals surface area contributed by atoms with Crippen molar-refractivity contribution in [2.24, 2.45) is 0 Å². The lowest BCUT2D eigenvalue weighted by Gasteiger charge is -2.27. The summed E-state index contributed by atoms with van der Waals surface area (Å²) in [5, 5.41) is 3.35. The summed E-state index contributed by atoms with van der Waals surface area (Å²) in [7, 11) is 0. The summed E-state index contributed by atoms with van der Waals surface area (Å²) in [6, 6.07) is 23.1. The second-order valence-corrected chi connectivity index (χ2v) is 6.49. The predicted molar refractivity (Wildman–Crippen MR) is 103 cm³/mol. The minimum atomic E-state index is -0.247. The van der Waals surface area contributed by atoms with Gasteiger partial charge in [0.15, 0.2) is 0 Å². The molecule has 0 aliphatic carbocycles. The number of benzene rings is 3. The summed E-state index contributed by atoms with van der Waals surface area (Å²) in [5.41, 5.74) is 5.59. The Balaban J connectivity index is 1.69. The first-order chi connectivity index (χ1) is 12.7. The SMILES string of the molecule is Cc1ccc2c(c1)C(OCc1ccccc1)C=C(c1ccccc1F)N2. The number of ether oxygens (including phenoxy) is 1. The molecule has 26 heavy (non-hydrogen) atoms.